The predicted molar refractivity (Wildman–Crippen MR) is 159 cm³/mol. The number of hydrogen-bond acceptors (Lipinski definition) is 8. The van der Waals surface area contributed by atoms with Gasteiger partial charge in [-0.2, -0.15) is 0 Å². The van der Waals surface area contributed by atoms with Gasteiger partial charge in [-0.25, -0.2) is 0 Å². The summed E-state index contributed by atoms with van der Waals surface area (Å²) in [5, 5.41) is 8.24. The monoisotopic (exact) mass is 584 g/mol. The largest absolute Gasteiger partial charge is 0.331 e. The summed E-state index contributed by atoms with van der Waals surface area (Å²) in [6.07, 6.45) is 0. The Morgan fingerprint density at radius 1 is 0.553 bits per heavy atom. The van der Waals surface area contributed by atoms with Gasteiger partial charge in [0.05, 0.1) is 39.3 Å². The van der Waals surface area contributed by atoms with Gasteiger partial charge in [-0.05, 0) is 45.8 Å². The molecule has 38 heavy (non-hydrogen) atoms. The number of piperazine rings is 1. The number of thiophene rings is 4. The molecule has 0 aromatic carbocycles. The van der Waals surface area contributed by atoms with E-state index in [1.54, 1.807) is 45.3 Å². The van der Waals surface area contributed by atoms with E-state index in [1.165, 1.54) is 19.5 Å². The molecule has 5 rings (SSSR count). The van der Waals surface area contributed by atoms with Crippen LogP contribution in [-0.2, 0) is 35.8 Å². The van der Waals surface area contributed by atoms with Crippen molar-refractivity contribution in [2.24, 2.45) is 0 Å². The Bertz CT molecular complexity index is 1060. The molecular weight excluding hydrogens is 553 g/mol. The van der Waals surface area contributed by atoms with Crippen LogP contribution >= 0.6 is 45.3 Å². The molecule has 0 spiro atoms. The Labute approximate surface area is 240 Å². The number of rotatable bonds is 12. The van der Waals surface area contributed by atoms with E-state index in [-0.39, 0.29) is 11.8 Å². The van der Waals surface area contributed by atoms with E-state index in [9.17, 15) is 9.59 Å². The van der Waals surface area contributed by atoms with Crippen molar-refractivity contribution in [3.05, 3.63) is 89.6 Å². The lowest BCUT2D eigenvalue weighted by Gasteiger charge is -2.36. The maximum Gasteiger partial charge on any atom is 0.237 e. The highest BCUT2D eigenvalue weighted by Crippen LogP contribution is 2.19. The number of nitrogens with zero attached hydrogens (tertiary/aromatic N) is 4. The van der Waals surface area contributed by atoms with Crippen molar-refractivity contribution in [1.82, 2.24) is 19.6 Å². The fourth-order valence-electron chi connectivity index (χ4n) is 4.52. The van der Waals surface area contributed by atoms with Crippen LogP contribution in [-0.4, -0.2) is 70.7 Å². The minimum Gasteiger partial charge on any atom is -0.331 e. The molecule has 1 saturated heterocycles. The van der Waals surface area contributed by atoms with Crippen LogP contribution in [0.15, 0.2) is 70.1 Å². The highest BCUT2D eigenvalue weighted by molar-refractivity contribution is 7.10. The zero-order chi connectivity index (χ0) is 26.2. The van der Waals surface area contributed by atoms with Crippen molar-refractivity contribution in [1.29, 1.82) is 0 Å². The van der Waals surface area contributed by atoms with Gasteiger partial charge in [0.2, 0.25) is 11.8 Å². The second kappa shape index (κ2) is 13.6. The normalized spacial score (nSPS) is 14.5. The van der Waals surface area contributed by atoms with E-state index in [4.69, 9.17) is 0 Å². The van der Waals surface area contributed by atoms with E-state index in [0.29, 0.717) is 39.3 Å². The van der Waals surface area contributed by atoms with Gasteiger partial charge in [0.1, 0.15) is 0 Å². The van der Waals surface area contributed by atoms with Crippen molar-refractivity contribution in [3.8, 4) is 0 Å². The molecule has 10 heteroatoms. The van der Waals surface area contributed by atoms with E-state index < -0.39 is 0 Å². The second-order valence-corrected chi connectivity index (χ2v) is 13.5. The molecule has 0 N–H and O–H groups in total. The van der Waals surface area contributed by atoms with Crippen LogP contribution in [0.1, 0.15) is 19.5 Å². The molecule has 1 aliphatic rings. The van der Waals surface area contributed by atoms with Crippen molar-refractivity contribution in [3.63, 3.8) is 0 Å². The summed E-state index contributed by atoms with van der Waals surface area (Å²) in [5.74, 6) is 0.323. The molecular formula is C28H32N4O2S4. The van der Waals surface area contributed by atoms with Gasteiger partial charge < -0.3 is 9.80 Å². The number of carbonyl (C=O) groups is 2. The molecule has 5 heterocycles. The number of carbonyl (C=O) groups excluding carboxylic acids is 2. The van der Waals surface area contributed by atoms with Crippen LogP contribution in [0, 0.1) is 0 Å². The highest BCUT2D eigenvalue weighted by Gasteiger charge is 2.25. The first-order valence-corrected chi connectivity index (χ1v) is 16.2. The van der Waals surface area contributed by atoms with E-state index in [0.717, 1.165) is 26.2 Å². The lowest BCUT2D eigenvalue weighted by Crippen LogP contribution is -2.52. The minimum atomic E-state index is 0.161. The first-order valence-electron chi connectivity index (χ1n) is 12.7. The maximum absolute atomic E-state index is 13.3. The van der Waals surface area contributed by atoms with Crippen LogP contribution < -0.4 is 0 Å². The van der Waals surface area contributed by atoms with Crippen molar-refractivity contribution >= 4 is 57.2 Å². The smallest absolute Gasteiger partial charge is 0.237 e. The quantitative estimate of drug-likeness (QED) is 0.227. The average molecular weight is 585 g/mol. The fraction of sp³-hybridized carbons (Fsp3) is 0.357. The molecule has 4 aromatic heterocycles. The molecule has 0 bridgehead atoms. The molecule has 0 unspecified atom stereocenters. The Balaban J connectivity index is 1.13. The highest BCUT2D eigenvalue weighted by atomic mass is 32.1. The van der Waals surface area contributed by atoms with E-state index >= 15 is 0 Å². The van der Waals surface area contributed by atoms with Crippen LogP contribution in [0.2, 0.25) is 0 Å². The van der Waals surface area contributed by atoms with Gasteiger partial charge >= 0.3 is 0 Å². The molecule has 1 aliphatic heterocycles. The molecule has 0 aliphatic carbocycles. The lowest BCUT2D eigenvalue weighted by atomic mass is 10.2. The van der Waals surface area contributed by atoms with E-state index in [1.807, 2.05) is 34.1 Å². The summed E-state index contributed by atoms with van der Waals surface area (Å²) in [6.45, 7) is 6.59. The number of amides is 2. The SMILES string of the molecule is O=C(CN1CCN(CC(=O)N(Cc2cccs2)Cc2cccs2)CC1)N(Cc1cccs1)Cc1cccs1. The lowest BCUT2D eigenvalue weighted by molar-refractivity contribution is -0.136. The summed E-state index contributed by atoms with van der Waals surface area (Å²) in [6, 6.07) is 16.5. The van der Waals surface area contributed by atoms with Gasteiger partial charge in [0.15, 0.2) is 0 Å². The van der Waals surface area contributed by atoms with Crippen molar-refractivity contribution in [2.45, 2.75) is 26.2 Å². The standard InChI is InChI=1S/C28H32N4O2S4/c33-27(31(17-23-5-1-13-35-23)18-24-6-2-14-36-24)21-29-9-11-30(12-10-29)22-28(34)32(19-25-7-3-15-37-25)20-26-8-4-16-38-26/h1-8,13-16H,9-12,17-22H2. The summed E-state index contributed by atoms with van der Waals surface area (Å²) in [7, 11) is 0. The second-order valence-electron chi connectivity index (χ2n) is 9.37. The molecule has 1 fully saturated rings. The molecule has 6 nitrogen and oxygen atoms in total. The minimum absolute atomic E-state index is 0.161. The van der Waals surface area contributed by atoms with E-state index in [2.05, 4.69) is 55.6 Å². The van der Waals surface area contributed by atoms with Crippen LogP contribution in [0.4, 0.5) is 0 Å². The van der Waals surface area contributed by atoms with Crippen molar-refractivity contribution in [2.75, 3.05) is 39.3 Å². The van der Waals surface area contributed by atoms with Gasteiger partial charge in [-0.3, -0.25) is 19.4 Å². The topological polar surface area (TPSA) is 47.1 Å². The van der Waals surface area contributed by atoms with Crippen LogP contribution in [0.5, 0.6) is 0 Å². The molecule has 2 amide bonds. The Hall–Kier alpha value is -2.34. The summed E-state index contributed by atoms with van der Waals surface area (Å²) < 4.78 is 0. The van der Waals surface area contributed by atoms with Gasteiger partial charge in [-0.1, -0.05) is 24.3 Å². The van der Waals surface area contributed by atoms with Gasteiger partial charge in [-0.15, -0.1) is 45.3 Å². The third-order valence-electron chi connectivity index (χ3n) is 6.60. The summed E-state index contributed by atoms with van der Waals surface area (Å²) >= 11 is 6.77. The third kappa shape index (κ3) is 7.84. The Morgan fingerprint density at radius 2 is 0.842 bits per heavy atom. The zero-order valence-corrected chi connectivity index (χ0v) is 24.5. The Morgan fingerprint density at radius 3 is 1.08 bits per heavy atom. The molecule has 200 valence electrons. The predicted octanol–water partition coefficient (Wildman–Crippen LogP) is 5.31. The first kappa shape index (κ1) is 27.2. The molecule has 4 aromatic rings. The van der Waals surface area contributed by atoms with Crippen LogP contribution in [0.3, 0.4) is 0 Å². The maximum atomic E-state index is 13.3. The van der Waals surface area contributed by atoms with Gasteiger partial charge in [0, 0.05) is 45.7 Å². The molecule has 0 atom stereocenters. The first-order chi connectivity index (χ1) is 18.6. The van der Waals surface area contributed by atoms with Gasteiger partial charge in [0.25, 0.3) is 0 Å². The Kier molecular flexibility index (Phi) is 9.77. The zero-order valence-electron chi connectivity index (χ0n) is 21.2. The van der Waals surface area contributed by atoms with Crippen molar-refractivity contribution < 1.29 is 9.59 Å². The average Bonchev–Trinajstić information content (AvgIpc) is 3.74. The molecule has 0 saturated carbocycles. The summed E-state index contributed by atoms with van der Waals surface area (Å²) in [5.41, 5.74) is 0. The van der Waals surface area contributed by atoms with Crippen LogP contribution in [0.25, 0.3) is 0 Å². The summed E-state index contributed by atoms with van der Waals surface area (Å²) in [4.78, 5) is 39.9. The fourth-order valence-corrected chi connectivity index (χ4v) is 7.39. The molecule has 0 radical (unpaired) electrons. The number of hydrogen-bond donors (Lipinski definition) is 0. The third-order valence-corrected chi connectivity index (χ3v) is 10.0.